The zero-order valence-electron chi connectivity index (χ0n) is 18.5. The number of likely N-dealkylation sites (tertiary alicyclic amines) is 1. The Morgan fingerprint density at radius 3 is 2.45 bits per heavy atom. The summed E-state index contributed by atoms with van der Waals surface area (Å²) < 4.78 is 0. The average Bonchev–Trinajstić information content (AvgIpc) is 3.01. The maximum Gasteiger partial charge on any atom is 0.255 e. The number of anilines is 3. The van der Waals surface area contributed by atoms with Gasteiger partial charge in [-0.3, -0.25) is 4.79 Å². The van der Waals surface area contributed by atoms with Gasteiger partial charge in [-0.2, -0.15) is 0 Å². The number of amides is 1. The van der Waals surface area contributed by atoms with Crippen molar-refractivity contribution in [3.8, 4) is 0 Å². The molecule has 2 aliphatic rings. The van der Waals surface area contributed by atoms with Gasteiger partial charge >= 0.3 is 0 Å². The van der Waals surface area contributed by atoms with Gasteiger partial charge in [-0.1, -0.05) is 31.4 Å². The van der Waals surface area contributed by atoms with E-state index in [9.17, 15) is 4.79 Å². The van der Waals surface area contributed by atoms with Gasteiger partial charge in [-0.25, -0.2) is 0 Å². The lowest BCUT2D eigenvalue weighted by molar-refractivity contribution is 0.102. The van der Waals surface area contributed by atoms with Gasteiger partial charge < -0.3 is 21.3 Å². The number of carbonyl (C=O) groups excluding carboxylic acids is 1. The molecule has 5 heteroatoms. The molecule has 0 spiro atoms. The van der Waals surface area contributed by atoms with Crippen molar-refractivity contribution in [1.29, 1.82) is 0 Å². The third-order valence-electron chi connectivity index (χ3n) is 6.79. The van der Waals surface area contributed by atoms with Crippen molar-refractivity contribution >= 4 is 23.0 Å². The van der Waals surface area contributed by atoms with Gasteiger partial charge in [-0.15, -0.1) is 0 Å². The zero-order valence-corrected chi connectivity index (χ0v) is 18.5. The molecule has 5 nitrogen and oxygen atoms in total. The number of carbonyl (C=O) groups is 1. The lowest BCUT2D eigenvalue weighted by Gasteiger charge is -2.28. The average molecular weight is 421 g/mol. The van der Waals surface area contributed by atoms with Crippen LogP contribution in [0.5, 0.6) is 0 Å². The zero-order chi connectivity index (χ0) is 21.5. The Labute approximate surface area is 186 Å². The quantitative estimate of drug-likeness (QED) is 0.550. The Balaban J connectivity index is 1.26. The summed E-state index contributed by atoms with van der Waals surface area (Å²) in [6, 6.07) is 15.6. The van der Waals surface area contributed by atoms with Gasteiger partial charge in [0.05, 0.1) is 11.4 Å². The van der Waals surface area contributed by atoms with Crippen molar-refractivity contribution in [1.82, 2.24) is 4.90 Å². The first-order valence-electron chi connectivity index (χ1n) is 11.9. The number of rotatable bonds is 6. The molecule has 2 fully saturated rings. The van der Waals surface area contributed by atoms with Crippen LogP contribution in [0, 0.1) is 5.92 Å². The van der Waals surface area contributed by atoms with Crippen LogP contribution in [0.25, 0.3) is 0 Å². The van der Waals surface area contributed by atoms with E-state index in [4.69, 9.17) is 5.73 Å². The van der Waals surface area contributed by atoms with Crippen LogP contribution in [0.1, 0.15) is 61.7 Å². The van der Waals surface area contributed by atoms with Crippen molar-refractivity contribution in [2.75, 3.05) is 36.0 Å². The molecule has 2 aromatic carbocycles. The minimum Gasteiger partial charge on any atom is -0.397 e. The Morgan fingerprint density at radius 2 is 1.68 bits per heavy atom. The number of nitrogens with zero attached hydrogens (tertiary/aromatic N) is 1. The standard InChI is InChI=1S/C26H36N4O/c27-24-10-4-5-11-25(24)29-26(31)21-12-14-23(15-13-21)28-22-9-6-17-30(18-16-22)19-20-7-2-1-3-8-20/h4-5,10-15,20,22,28H,1-3,6-9,16-19,27H2,(H,29,31). The Morgan fingerprint density at radius 1 is 0.903 bits per heavy atom. The lowest BCUT2D eigenvalue weighted by atomic mass is 9.89. The summed E-state index contributed by atoms with van der Waals surface area (Å²) in [5.74, 6) is 0.778. The van der Waals surface area contributed by atoms with E-state index in [2.05, 4.69) is 15.5 Å². The molecule has 0 aromatic heterocycles. The van der Waals surface area contributed by atoms with Crippen molar-refractivity contribution in [3.63, 3.8) is 0 Å². The van der Waals surface area contributed by atoms with Gasteiger partial charge in [0.2, 0.25) is 0 Å². The van der Waals surface area contributed by atoms with E-state index in [0.717, 1.165) is 11.6 Å². The van der Waals surface area contributed by atoms with E-state index in [-0.39, 0.29) is 5.91 Å². The Bertz CT molecular complexity index is 845. The van der Waals surface area contributed by atoms with Crippen LogP contribution in [-0.2, 0) is 0 Å². The van der Waals surface area contributed by atoms with E-state index in [1.807, 2.05) is 42.5 Å². The fraction of sp³-hybridized carbons (Fsp3) is 0.500. The van der Waals surface area contributed by atoms with Crippen LogP contribution in [0.2, 0.25) is 0 Å². The molecular weight excluding hydrogens is 384 g/mol. The summed E-state index contributed by atoms with van der Waals surface area (Å²) in [5.41, 5.74) is 8.85. The molecule has 1 saturated carbocycles. The summed E-state index contributed by atoms with van der Waals surface area (Å²) in [5, 5.41) is 6.58. The highest BCUT2D eigenvalue weighted by Crippen LogP contribution is 2.26. The number of para-hydroxylation sites is 2. The van der Waals surface area contributed by atoms with Crippen LogP contribution in [0.4, 0.5) is 17.1 Å². The highest BCUT2D eigenvalue weighted by atomic mass is 16.1. The fourth-order valence-corrected chi connectivity index (χ4v) is 4.98. The van der Waals surface area contributed by atoms with Crippen LogP contribution >= 0.6 is 0 Å². The number of hydrogen-bond donors (Lipinski definition) is 3. The molecule has 1 amide bonds. The molecule has 166 valence electrons. The maximum atomic E-state index is 12.5. The SMILES string of the molecule is Nc1ccccc1NC(=O)c1ccc(NC2CCCN(CC3CCCCC3)CC2)cc1. The first kappa shape index (κ1) is 21.7. The molecule has 4 N–H and O–H groups in total. The van der Waals surface area contributed by atoms with E-state index in [1.165, 1.54) is 71.0 Å². The van der Waals surface area contributed by atoms with Gasteiger partial charge in [0.15, 0.2) is 0 Å². The minimum atomic E-state index is -0.141. The number of nitrogen functional groups attached to an aromatic ring is 1. The van der Waals surface area contributed by atoms with Crippen LogP contribution in [0.3, 0.4) is 0 Å². The van der Waals surface area contributed by atoms with Crippen molar-refractivity contribution < 1.29 is 4.79 Å². The highest BCUT2D eigenvalue weighted by Gasteiger charge is 2.21. The second-order valence-electron chi connectivity index (χ2n) is 9.20. The van der Waals surface area contributed by atoms with Gasteiger partial charge in [-0.05, 0) is 81.0 Å². The number of nitrogens with one attached hydrogen (secondary N) is 2. The molecule has 4 rings (SSSR count). The third kappa shape index (κ3) is 6.23. The normalized spacial score (nSPS) is 20.7. The van der Waals surface area contributed by atoms with E-state index < -0.39 is 0 Å². The van der Waals surface area contributed by atoms with E-state index in [1.54, 1.807) is 6.07 Å². The molecule has 0 radical (unpaired) electrons. The highest BCUT2D eigenvalue weighted by molar-refractivity contribution is 6.05. The third-order valence-corrected chi connectivity index (χ3v) is 6.79. The topological polar surface area (TPSA) is 70.4 Å². The first-order chi connectivity index (χ1) is 15.2. The van der Waals surface area contributed by atoms with Gasteiger partial charge in [0, 0.05) is 30.4 Å². The second kappa shape index (κ2) is 10.7. The molecule has 1 atom stereocenters. The number of hydrogen-bond acceptors (Lipinski definition) is 4. The van der Waals surface area contributed by atoms with Crippen molar-refractivity contribution in [2.45, 2.75) is 57.4 Å². The monoisotopic (exact) mass is 420 g/mol. The molecule has 0 bridgehead atoms. The lowest BCUT2D eigenvalue weighted by Crippen LogP contribution is -2.32. The van der Waals surface area contributed by atoms with Crippen LogP contribution < -0.4 is 16.4 Å². The van der Waals surface area contributed by atoms with Crippen molar-refractivity contribution in [3.05, 3.63) is 54.1 Å². The second-order valence-corrected chi connectivity index (χ2v) is 9.20. The van der Waals surface area contributed by atoms with E-state index in [0.29, 0.717) is 23.0 Å². The summed E-state index contributed by atoms with van der Waals surface area (Å²) >= 11 is 0. The van der Waals surface area contributed by atoms with Crippen LogP contribution in [0.15, 0.2) is 48.5 Å². The summed E-state index contributed by atoms with van der Waals surface area (Å²) in [6.07, 6.45) is 10.8. The molecular formula is C26H36N4O. The number of benzene rings is 2. The van der Waals surface area contributed by atoms with Crippen LogP contribution in [-0.4, -0.2) is 36.5 Å². The molecule has 1 aliphatic carbocycles. The predicted molar refractivity (Wildman–Crippen MR) is 130 cm³/mol. The largest absolute Gasteiger partial charge is 0.397 e. The summed E-state index contributed by atoms with van der Waals surface area (Å²) in [6.45, 7) is 3.71. The van der Waals surface area contributed by atoms with Crippen molar-refractivity contribution in [2.24, 2.45) is 5.92 Å². The molecule has 1 saturated heterocycles. The van der Waals surface area contributed by atoms with Gasteiger partial charge in [0.25, 0.3) is 5.91 Å². The molecule has 1 unspecified atom stereocenters. The number of nitrogens with two attached hydrogens (primary N) is 1. The Kier molecular flexibility index (Phi) is 7.47. The van der Waals surface area contributed by atoms with E-state index >= 15 is 0 Å². The molecule has 1 heterocycles. The summed E-state index contributed by atoms with van der Waals surface area (Å²) in [7, 11) is 0. The Hall–Kier alpha value is -2.53. The fourth-order valence-electron chi connectivity index (χ4n) is 4.98. The van der Waals surface area contributed by atoms with Gasteiger partial charge in [0.1, 0.15) is 0 Å². The molecule has 2 aromatic rings. The first-order valence-corrected chi connectivity index (χ1v) is 11.9. The minimum absolute atomic E-state index is 0.141. The predicted octanol–water partition coefficient (Wildman–Crippen LogP) is 5.37. The molecule has 1 aliphatic heterocycles. The maximum absolute atomic E-state index is 12.5. The molecule has 31 heavy (non-hydrogen) atoms. The summed E-state index contributed by atoms with van der Waals surface area (Å²) in [4.78, 5) is 15.2. The smallest absolute Gasteiger partial charge is 0.255 e.